The summed E-state index contributed by atoms with van der Waals surface area (Å²) in [7, 11) is 1.78. The molecular weight excluding hydrogens is 260 g/mol. The van der Waals surface area contributed by atoms with Gasteiger partial charge >= 0.3 is 0 Å². The van der Waals surface area contributed by atoms with Crippen molar-refractivity contribution in [2.24, 2.45) is 5.92 Å². The van der Waals surface area contributed by atoms with Crippen LogP contribution in [0.25, 0.3) is 0 Å². The smallest absolute Gasteiger partial charge is 0.0657 e. The average molecular weight is 290 g/mol. The van der Waals surface area contributed by atoms with E-state index in [2.05, 4.69) is 54.4 Å². The first-order valence-corrected chi connectivity index (χ1v) is 8.23. The van der Waals surface area contributed by atoms with E-state index in [0.29, 0.717) is 12.0 Å². The molecule has 1 saturated heterocycles. The maximum atomic E-state index is 5.40. The molecule has 1 aromatic rings. The van der Waals surface area contributed by atoms with Gasteiger partial charge in [-0.2, -0.15) is 0 Å². The zero-order valence-electron chi connectivity index (χ0n) is 13.7. The van der Waals surface area contributed by atoms with E-state index in [4.69, 9.17) is 4.74 Å². The van der Waals surface area contributed by atoms with E-state index in [1.54, 1.807) is 7.11 Å². The third-order valence-corrected chi connectivity index (χ3v) is 4.49. The largest absolute Gasteiger partial charge is 0.383 e. The van der Waals surface area contributed by atoms with Gasteiger partial charge in [0.25, 0.3) is 0 Å². The topological polar surface area (TPSA) is 24.5 Å². The molecule has 0 bridgehead atoms. The molecule has 118 valence electrons. The van der Waals surface area contributed by atoms with Crippen LogP contribution in [0.4, 0.5) is 0 Å². The Labute approximate surface area is 129 Å². The highest BCUT2D eigenvalue weighted by atomic mass is 16.5. The van der Waals surface area contributed by atoms with Crippen molar-refractivity contribution < 1.29 is 4.74 Å². The SMILES string of the molecule is COCC(NCC(C(C)C)N1CCCC1)c1ccccc1. The van der Waals surface area contributed by atoms with Crippen LogP contribution in [-0.2, 0) is 4.74 Å². The fourth-order valence-corrected chi connectivity index (χ4v) is 3.25. The van der Waals surface area contributed by atoms with Gasteiger partial charge in [-0.1, -0.05) is 44.2 Å². The molecule has 3 heteroatoms. The van der Waals surface area contributed by atoms with E-state index in [1.165, 1.54) is 31.5 Å². The monoisotopic (exact) mass is 290 g/mol. The number of hydrogen-bond acceptors (Lipinski definition) is 3. The summed E-state index contributed by atoms with van der Waals surface area (Å²) < 4.78 is 5.40. The summed E-state index contributed by atoms with van der Waals surface area (Å²) in [5.41, 5.74) is 1.31. The van der Waals surface area contributed by atoms with Crippen LogP contribution in [0.1, 0.15) is 38.3 Å². The zero-order valence-corrected chi connectivity index (χ0v) is 13.7. The normalized spacial score (nSPS) is 19.0. The third kappa shape index (κ3) is 4.80. The quantitative estimate of drug-likeness (QED) is 0.796. The molecule has 2 atom stereocenters. The van der Waals surface area contributed by atoms with Crippen molar-refractivity contribution in [3.05, 3.63) is 35.9 Å². The zero-order chi connectivity index (χ0) is 15.1. The molecule has 1 aliphatic rings. The molecule has 0 amide bonds. The van der Waals surface area contributed by atoms with Gasteiger partial charge in [0.05, 0.1) is 12.6 Å². The van der Waals surface area contributed by atoms with Crippen LogP contribution in [0.2, 0.25) is 0 Å². The second-order valence-corrected chi connectivity index (χ2v) is 6.38. The molecule has 1 heterocycles. The molecule has 1 N–H and O–H groups in total. The molecule has 2 rings (SSSR count). The molecule has 0 aliphatic carbocycles. The molecule has 0 radical (unpaired) electrons. The van der Waals surface area contributed by atoms with Crippen LogP contribution in [0.5, 0.6) is 0 Å². The minimum atomic E-state index is 0.278. The van der Waals surface area contributed by atoms with Crippen molar-refractivity contribution in [3.8, 4) is 0 Å². The Morgan fingerprint density at radius 1 is 1.14 bits per heavy atom. The lowest BCUT2D eigenvalue weighted by atomic mass is 10.0. The van der Waals surface area contributed by atoms with Gasteiger partial charge in [0, 0.05) is 19.7 Å². The highest BCUT2D eigenvalue weighted by Crippen LogP contribution is 2.19. The van der Waals surface area contributed by atoms with Crippen molar-refractivity contribution in [3.63, 3.8) is 0 Å². The number of ether oxygens (including phenoxy) is 1. The first-order chi connectivity index (χ1) is 10.2. The number of methoxy groups -OCH3 is 1. The van der Waals surface area contributed by atoms with E-state index in [0.717, 1.165) is 13.2 Å². The minimum absolute atomic E-state index is 0.278. The Hall–Kier alpha value is -0.900. The molecule has 21 heavy (non-hydrogen) atoms. The highest BCUT2D eigenvalue weighted by molar-refractivity contribution is 5.19. The van der Waals surface area contributed by atoms with Crippen molar-refractivity contribution in [2.45, 2.75) is 38.8 Å². The molecule has 0 aromatic heterocycles. The lowest BCUT2D eigenvalue weighted by Crippen LogP contribution is -2.45. The maximum Gasteiger partial charge on any atom is 0.0657 e. The number of benzene rings is 1. The Kier molecular flexibility index (Phi) is 6.68. The van der Waals surface area contributed by atoms with Crippen LogP contribution in [0.15, 0.2) is 30.3 Å². The standard InChI is InChI=1S/C18H30N2O/c1-15(2)18(20-11-7-8-12-20)13-19-17(14-21-3)16-9-5-4-6-10-16/h4-6,9-10,15,17-19H,7-8,11-14H2,1-3H3. The van der Waals surface area contributed by atoms with E-state index in [1.807, 2.05) is 0 Å². The first-order valence-electron chi connectivity index (χ1n) is 8.23. The van der Waals surface area contributed by atoms with Crippen molar-refractivity contribution in [1.29, 1.82) is 0 Å². The summed E-state index contributed by atoms with van der Waals surface area (Å²) >= 11 is 0. The number of nitrogens with one attached hydrogen (secondary N) is 1. The van der Waals surface area contributed by atoms with Crippen molar-refractivity contribution in [1.82, 2.24) is 10.2 Å². The molecule has 0 saturated carbocycles. The van der Waals surface area contributed by atoms with Gasteiger partial charge in [-0.25, -0.2) is 0 Å². The van der Waals surface area contributed by atoms with Gasteiger partial charge in [0.15, 0.2) is 0 Å². The van der Waals surface area contributed by atoms with E-state index in [-0.39, 0.29) is 6.04 Å². The minimum Gasteiger partial charge on any atom is -0.383 e. The van der Waals surface area contributed by atoms with Gasteiger partial charge in [-0.05, 0) is 37.4 Å². The molecule has 1 fully saturated rings. The van der Waals surface area contributed by atoms with Crippen molar-refractivity contribution >= 4 is 0 Å². The second kappa shape index (κ2) is 8.52. The Morgan fingerprint density at radius 2 is 1.81 bits per heavy atom. The molecular formula is C18H30N2O. The Morgan fingerprint density at radius 3 is 2.38 bits per heavy atom. The number of likely N-dealkylation sites (tertiary alicyclic amines) is 1. The first kappa shape index (κ1) is 16.5. The molecule has 3 nitrogen and oxygen atoms in total. The Bertz CT molecular complexity index is 387. The highest BCUT2D eigenvalue weighted by Gasteiger charge is 2.25. The van der Waals surface area contributed by atoms with E-state index < -0.39 is 0 Å². The summed E-state index contributed by atoms with van der Waals surface area (Å²) in [6.45, 7) is 8.92. The van der Waals surface area contributed by atoms with E-state index in [9.17, 15) is 0 Å². The average Bonchev–Trinajstić information content (AvgIpc) is 3.01. The van der Waals surface area contributed by atoms with Crippen LogP contribution < -0.4 is 5.32 Å². The molecule has 1 aromatic carbocycles. The maximum absolute atomic E-state index is 5.40. The predicted octanol–water partition coefficient (Wildman–Crippen LogP) is 3.08. The van der Waals surface area contributed by atoms with Gasteiger partial charge in [-0.15, -0.1) is 0 Å². The fraction of sp³-hybridized carbons (Fsp3) is 0.667. The van der Waals surface area contributed by atoms with Crippen LogP contribution in [0.3, 0.4) is 0 Å². The van der Waals surface area contributed by atoms with Crippen LogP contribution >= 0.6 is 0 Å². The van der Waals surface area contributed by atoms with Gasteiger partial charge in [-0.3, -0.25) is 4.90 Å². The van der Waals surface area contributed by atoms with Gasteiger partial charge in [0.1, 0.15) is 0 Å². The summed E-state index contributed by atoms with van der Waals surface area (Å²) in [4.78, 5) is 2.65. The Balaban J connectivity index is 1.96. The lowest BCUT2D eigenvalue weighted by molar-refractivity contribution is 0.146. The lowest BCUT2D eigenvalue weighted by Gasteiger charge is -2.32. The summed E-state index contributed by atoms with van der Waals surface area (Å²) in [6, 6.07) is 11.5. The number of hydrogen-bond donors (Lipinski definition) is 1. The van der Waals surface area contributed by atoms with Crippen LogP contribution in [0, 0.1) is 5.92 Å². The summed E-state index contributed by atoms with van der Waals surface area (Å²) in [5, 5.41) is 3.73. The van der Waals surface area contributed by atoms with E-state index >= 15 is 0 Å². The summed E-state index contributed by atoms with van der Waals surface area (Å²) in [6.07, 6.45) is 2.70. The summed E-state index contributed by atoms with van der Waals surface area (Å²) in [5.74, 6) is 0.676. The molecule has 0 spiro atoms. The third-order valence-electron chi connectivity index (χ3n) is 4.49. The van der Waals surface area contributed by atoms with Gasteiger partial charge < -0.3 is 10.1 Å². The van der Waals surface area contributed by atoms with Crippen molar-refractivity contribution in [2.75, 3.05) is 33.4 Å². The fourth-order valence-electron chi connectivity index (χ4n) is 3.25. The second-order valence-electron chi connectivity index (χ2n) is 6.38. The number of rotatable bonds is 8. The number of nitrogens with zero attached hydrogens (tertiary/aromatic N) is 1. The molecule has 1 aliphatic heterocycles. The molecule has 2 unspecified atom stereocenters. The van der Waals surface area contributed by atoms with Gasteiger partial charge in [0.2, 0.25) is 0 Å². The van der Waals surface area contributed by atoms with Crippen LogP contribution in [-0.4, -0.2) is 44.3 Å². The predicted molar refractivity (Wildman–Crippen MR) is 88.5 cm³/mol.